The number of halogens is 2. The van der Waals surface area contributed by atoms with Crippen LogP contribution in [0.25, 0.3) is 12.2 Å². The largest absolute Gasteiger partial charge is 0.339 e. The molecule has 0 aromatic heterocycles. The highest BCUT2D eigenvalue weighted by Gasteiger charge is 2.54. The molecule has 2 aromatic rings. The fourth-order valence-electron chi connectivity index (χ4n) is 4.34. The van der Waals surface area contributed by atoms with E-state index in [0.717, 1.165) is 0 Å². The van der Waals surface area contributed by atoms with Gasteiger partial charge in [0.2, 0.25) is 5.91 Å². The summed E-state index contributed by atoms with van der Waals surface area (Å²) in [5.74, 6) is -1.17. The third kappa shape index (κ3) is 3.30. The maximum atomic E-state index is 14.2. The third-order valence-corrected chi connectivity index (χ3v) is 6.03. The van der Waals surface area contributed by atoms with E-state index in [-0.39, 0.29) is 11.7 Å². The number of hydrogen-bond acceptors (Lipinski definition) is 2. The first-order chi connectivity index (χ1) is 14.5. The van der Waals surface area contributed by atoms with E-state index in [9.17, 15) is 18.4 Å². The number of likely N-dealkylation sites (tertiary alicyclic amines) is 1. The van der Waals surface area contributed by atoms with Crippen molar-refractivity contribution in [2.24, 2.45) is 5.41 Å². The zero-order valence-corrected chi connectivity index (χ0v) is 16.4. The van der Waals surface area contributed by atoms with Crippen LogP contribution in [0.5, 0.6) is 0 Å². The molecule has 3 nitrogen and oxygen atoms in total. The molecule has 1 saturated carbocycles. The summed E-state index contributed by atoms with van der Waals surface area (Å²) in [4.78, 5) is 26.7. The lowest BCUT2D eigenvalue weighted by atomic mass is 9.54. The van der Waals surface area contributed by atoms with Gasteiger partial charge in [0.05, 0.1) is 0 Å². The zero-order chi connectivity index (χ0) is 21.3. The van der Waals surface area contributed by atoms with Gasteiger partial charge in [0.25, 0.3) is 0 Å². The molecule has 1 spiro atoms. The summed E-state index contributed by atoms with van der Waals surface area (Å²) in [5.41, 5.74) is 1.09. The van der Waals surface area contributed by atoms with Crippen molar-refractivity contribution < 1.29 is 18.4 Å². The quantitative estimate of drug-likeness (QED) is 0.688. The number of carbonyl (C=O) groups excluding carboxylic acids is 2. The molecule has 1 aliphatic heterocycles. The van der Waals surface area contributed by atoms with E-state index in [1.54, 1.807) is 53.5 Å². The lowest BCUT2D eigenvalue weighted by molar-refractivity contribution is -0.128. The summed E-state index contributed by atoms with van der Waals surface area (Å²) in [7, 11) is 0. The molecule has 4 rings (SSSR count). The molecule has 0 radical (unpaired) electrons. The molecule has 1 heterocycles. The van der Waals surface area contributed by atoms with E-state index in [1.807, 2.05) is 0 Å². The summed E-state index contributed by atoms with van der Waals surface area (Å²) in [6.45, 7) is 4.42. The van der Waals surface area contributed by atoms with Crippen LogP contribution in [0.15, 0.2) is 72.3 Å². The van der Waals surface area contributed by atoms with Gasteiger partial charge in [-0.2, -0.15) is 0 Å². The molecule has 2 aromatic carbocycles. The summed E-state index contributed by atoms with van der Waals surface area (Å²) < 4.78 is 28.4. The molecule has 0 atom stereocenters. The van der Waals surface area contributed by atoms with Gasteiger partial charge >= 0.3 is 0 Å². The summed E-state index contributed by atoms with van der Waals surface area (Å²) in [6.07, 6.45) is 5.50. The normalized spacial score (nSPS) is 20.5. The summed E-state index contributed by atoms with van der Waals surface area (Å²) in [5, 5.41) is 0. The number of rotatable bonds is 3. The van der Waals surface area contributed by atoms with Gasteiger partial charge in [-0.15, -0.1) is 0 Å². The predicted molar refractivity (Wildman–Crippen MR) is 112 cm³/mol. The first-order valence-electron chi connectivity index (χ1n) is 9.86. The van der Waals surface area contributed by atoms with Gasteiger partial charge in [-0.3, -0.25) is 9.59 Å². The Balaban J connectivity index is 1.76. The lowest BCUT2D eigenvalue weighted by Gasteiger charge is -2.50. The molecule has 1 amide bonds. The maximum absolute atomic E-state index is 14.2. The second-order valence-corrected chi connectivity index (χ2v) is 7.60. The van der Waals surface area contributed by atoms with Gasteiger partial charge < -0.3 is 4.90 Å². The first kappa shape index (κ1) is 20.0. The molecule has 2 fully saturated rings. The van der Waals surface area contributed by atoms with E-state index in [0.29, 0.717) is 48.2 Å². The minimum absolute atomic E-state index is 0.158. The monoisotopic (exact) mass is 405 g/mol. The van der Waals surface area contributed by atoms with Crippen molar-refractivity contribution >= 4 is 23.8 Å². The number of amides is 1. The van der Waals surface area contributed by atoms with Crippen molar-refractivity contribution in [1.29, 1.82) is 0 Å². The van der Waals surface area contributed by atoms with Crippen LogP contribution >= 0.6 is 0 Å². The molecule has 30 heavy (non-hydrogen) atoms. The highest BCUT2D eigenvalue weighted by atomic mass is 19.1. The molecule has 0 bridgehead atoms. The van der Waals surface area contributed by atoms with Crippen LogP contribution in [-0.2, 0) is 9.59 Å². The Labute approximate surface area is 174 Å². The number of Topliss-reactive ketones (excluding diaryl/α,β-unsaturated/α-hetero) is 1. The Morgan fingerprint density at radius 1 is 0.900 bits per heavy atom. The summed E-state index contributed by atoms with van der Waals surface area (Å²) >= 11 is 0. The molecular formula is C25H21F2NO2. The van der Waals surface area contributed by atoms with Crippen molar-refractivity contribution in [3.8, 4) is 0 Å². The Kier molecular flexibility index (Phi) is 5.20. The smallest absolute Gasteiger partial charge is 0.245 e. The standard InChI is InChI=1S/C25H21F2NO2/c1-2-23(29)28-13-11-25(12-14-28)19(15-17-7-3-5-9-21(17)26)24(30)20(25)16-18-8-4-6-10-22(18)27/h2-10,15-16H,1,11-14H2/b19-15-,20-16-. The van der Waals surface area contributed by atoms with Crippen LogP contribution in [0.2, 0.25) is 0 Å². The number of carbonyl (C=O) groups is 2. The second-order valence-electron chi connectivity index (χ2n) is 7.60. The van der Waals surface area contributed by atoms with Crippen LogP contribution in [-0.4, -0.2) is 29.7 Å². The van der Waals surface area contributed by atoms with E-state index in [2.05, 4.69) is 6.58 Å². The topological polar surface area (TPSA) is 37.4 Å². The van der Waals surface area contributed by atoms with Gasteiger partial charge in [-0.25, -0.2) is 8.78 Å². The van der Waals surface area contributed by atoms with Crippen molar-refractivity contribution in [2.75, 3.05) is 13.1 Å². The van der Waals surface area contributed by atoms with Crippen LogP contribution < -0.4 is 0 Å². The van der Waals surface area contributed by atoms with Gasteiger partial charge in [0, 0.05) is 40.8 Å². The number of nitrogens with zero attached hydrogens (tertiary/aromatic N) is 1. The van der Waals surface area contributed by atoms with Gasteiger partial charge in [0.1, 0.15) is 11.6 Å². The van der Waals surface area contributed by atoms with E-state index in [4.69, 9.17) is 0 Å². The molecule has 0 N–H and O–H groups in total. The Hall–Kier alpha value is -3.34. The third-order valence-electron chi connectivity index (χ3n) is 6.03. The Morgan fingerprint density at radius 3 is 1.80 bits per heavy atom. The van der Waals surface area contributed by atoms with Gasteiger partial charge in [-0.1, -0.05) is 43.0 Å². The van der Waals surface area contributed by atoms with Crippen molar-refractivity contribution in [3.05, 3.63) is 95.1 Å². The second kappa shape index (κ2) is 7.82. The van der Waals surface area contributed by atoms with Crippen LogP contribution in [0.4, 0.5) is 8.78 Å². The maximum Gasteiger partial charge on any atom is 0.245 e. The predicted octanol–water partition coefficient (Wildman–Crippen LogP) is 4.81. The minimum atomic E-state index is -0.625. The van der Waals surface area contributed by atoms with Crippen LogP contribution in [0.3, 0.4) is 0 Å². The Bertz CT molecular complexity index is 1020. The fourth-order valence-corrected chi connectivity index (χ4v) is 4.34. The van der Waals surface area contributed by atoms with Gasteiger partial charge in [0.15, 0.2) is 5.78 Å². The summed E-state index contributed by atoms with van der Waals surface area (Å²) in [6, 6.07) is 12.6. The molecular weight excluding hydrogens is 384 g/mol. The van der Waals surface area contributed by atoms with Crippen molar-refractivity contribution in [1.82, 2.24) is 4.90 Å². The van der Waals surface area contributed by atoms with Crippen molar-refractivity contribution in [3.63, 3.8) is 0 Å². The number of benzene rings is 2. The number of ketones is 1. The molecule has 152 valence electrons. The zero-order valence-electron chi connectivity index (χ0n) is 16.4. The molecule has 0 unspecified atom stereocenters. The average Bonchev–Trinajstić information content (AvgIpc) is 2.77. The lowest BCUT2D eigenvalue weighted by Crippen LogP contribution is -2.52. The molecule has 1 aliphatic carbocycles. The van der Waals surface area contributed by atoms with E-state index >= 15 is 0 Å². The average molecular weight is 405 g/mol. The van der Waals surface area contributed by atoms with Crippen molar-refractivity contribution in [2.45, 2.75) is 12.8 Å². The molecule has 2 aliphatic rings. The van der Waals surface area contributed by atoms with E-state index in [1.165, 1.54) is 18.2 Å². The van der Waals surface area contributed by atoms with Crippen LogP contribution in [0.1, 0.15) is 24.0 Å². The SMILES string of the molecule is C=CC(=O)N1CCC2(CC1)/C(=C\c1ccccc1F)C(=O)/C2=C/c1ccccc1F. The Morgan fingerprint density at radius 2 is 1.37 bits per heavy atom. The highest BCUT2D eigenvalue weighted by Crippen LogP contribution is 2.56. The number of piperidine rings is 1. The minimum Gasteiger partial charge on any atom is -0.339 e. The first-order valence-corrected chi connectivity index (χ1v) is 9.86. The highest BCUT2D eigenvalue weighted by molar-refractivity contribution is 6.23. The number of allylic oxidation sites excluding steroid dienone is 2. The molecule has 1 saturated heterocycles. The molecule has 5 heteroatoms. The van der Waals surface area contributed by atoms with Crippen LogP contribution in [0, 0.1) is 17.0 Å². The van der Waals surface area contributed by atoms with E-state index < -0.39 is 17.0 Å². The van der Waals surface area contributed by atoms with Gasteiger partial charge in [-0.05, 0) is 43.2 Å². The fraction of sp³-hybridized carbons (Fsp3) is 0.200. The number of hydrogen-bond donors (Lipinski definition) is 0.